The van der Waals surface area contributed by atoms with Gasteiger partial charge in [-0.3, -0.25) is 9.69 Å². The minimum Gasteiger partial charge on any atom is -0.473 e. The first-order chi connectivity index (χ1) is 18.9. The van der Waals surface area contributed by atoms with Gasteiger partial charge in [0.1, 0.15) is 5.82 Å². The number of allylic oxidation sites excluding steroid dienone is 3. The fourth-order valence-electron chi connectivity index (χ4n) is 4.51. The number of unbranched alkanes of at least 4 members (excludes halogenated alkanes) is 1. The van der Waals surface area contributed by atoms with E-state index in [9.17, 15) is 9.59 Å². The lowest BCUT2D eigenvalue weighted by molar-refractivity contribution is -0.132. The van der Waals surface area contributed by atoms with Crippen molar-refractivity contribution in [1.29, 1.82) is 0 Å². The minimum atomic E-state index is -0.829. The Morgan fingerprint density at radius 1 is 1.26 bits per heavy atom. The maximum Gasteiger partial charge on any atom is 0.364 e. The van der Waals surface area contributed by atoms with Gasteiger partial charge >= 0.3 is 5.30 Å². The predicted molar refractivity (Wildman–Crippen MR) is 154 cm³/mol. The van der Waals surface area contributed by atoms with Crippen LogP contribution in [0.1, 0.15) is 45.4 Å². The van der Waals surface area contributed by atoms with E-state index in [0.717, 1.165) is 74.3 Å². The smallest absolute Gasteiger partial charge is 0.364 e. The van der Waals surface area contributed by atoms with Gasteiger partial charge in [-0.2, -0.15) is 0 Å². The Morgan fingerprint density at radius 2 is 1.97 bits per heavy atom. The van der Waals surface area contributed by atoms with Crippen molar-refractivity contribution in [3.8, 4) is 0 Å². The van der Waals surface area contributed by atoms with Crippen LogP contribution in [0.15, 0.2) is 54.3 Å². The Labute approximate surface area is 236 Å². The number of likely N-dealkylation sites (tertiary alicyclic amines) is 1. The molecular formula is C28H43N5O5S. The van der Waals surface area contributed by atoms with Crippen molar-refractivity contribution < 1.29 is 24.2 Å². The molecule has 0 bridgehead atoms. The van der Waals surface area contributed by atoms with Crippen molar-refractivity contribution in [3.63, 3.8) is 0 Å². The maximum atomic E-state index is 13.1. The Morgan fingerprint density at radius 3 is 2.62 bits per heavy atom. The molecular weight excluding hydrogens is 518 g/mol. The Bertz CT molecular complexity index is 972. The summed E-state index contributed by atoms with van der Waals surface area (Å²) in [6.45, 7) is 7.49. The van der Waals surface area contributed by atoms with Gasteiger partial charge in [0.25, 0.3) is 0 Å². The lowest BCUT2D eigenvalue weighted by Gasteiger charge is -2.28. The highest BCUT2D eigenvalue weighted by molar-refractivity contribution is 8.12. The number of hydrogen-bond donors (Lipinski definition) is 2. The van der Waals surface area contributed by atoms with Crippen LogP contribution in [0.5, 0.6) is 0 Å². The number of nitrogens with zero attached hydrogens (tertiary/aromatic N) is 4. The highest BCUT2D eigenvalue weighted by atomic mass is 32.2. The minimum absolute atomic E-state index is 0.167. The molecule has 216 valence electrons. The molecule has 0 aromatic carbocycles. The zero-order valence-electron chi connectivity index (χ0n) is 23.3. The van der Waals surface area contributed by atoms with E-state index >= 15 is 0 Å². The molecule has 11 heteroatoms. The number of nitrogens with two attached hydrogens (primary N) is 1. The number of aromatic nitrogens is 2. The van der Waals surface area contributed by atoms with Crippen LogP contribution >= 0.6 is 11.8 Å². The van der Waals surface area contributed by atoms with E-state index < -0.39 is 5.30 Å². The van der Waals surface area contributed by atoms with E-state index in [2.05, 4.69) is 27.9 Å². The number of amides is 1. The molecule has 2 fully saturated rings. The molecule has 0 spiro atoms. The summed E-state index contributed by atoms with van der Waals surface area (Å²) >= 11 is 0.796. The fourth-order valence-corrected chi connectivity index (χ4v) is 4.51. The Balaban J connectivity index is 0.000000976. The lowest BCUT2D eigenvalue weighted by atomic mass is 10.0. The van der Waals surface area contributed by atoms with E-state index in [-0.39, 0.29) is 12.7 Å². The summed E-state index contributed by atoms with van der Waals surface area (Å²) in [4.78, 5) is 35.4. The Kier molecular flexibility index (Phi) is 15.3. The molecule has 3 N–H and O–H groups in total. The summed E-state index contributed by atoms with van der Waals surface area (Å²) < 4.78 is 10.9. The highest BCUT2D eigenvalue weighted by Crippen LogP contribution is 2.28. The van der Waals surface area contributed by atoms with Crippen LogP contribution in [0.2, 0.25) is 0 Å². The van der Waals surface area contributed by atoms with Crippen molar-refractivity contribution >= 4 is 23.0 Å². The van der Waals surface area contributed by atoms with Crippen LogP contribution in [0.4, 0.5) is 4.79 Å². The van der Waals surface area contributed by atoms with Gasteiger partial charge in [-0.25, -0.2) is 14.8 Å². The number of carbonyl (C=O) groups excluding carboxylic acids is 1. The summed E-state index contributed by atoms with van der Waals surface area (Å²) in [5, 5.41) is 6.86. The topological polar surface area (TPSA) is 131 Å². The van der Waals surface area contributed by atoms with E-state index in [1.165, 1.54) is 6.26 Å². The van der Waals surface area contributed by atoms with Crippen molar-refractivity contribution in [1.82, 2.24) is 19.8 Å². The summed E-state index contributed by atoms with van der Waals surface area (Å²) in [6.07, 6.45) is 18.0. The zero-order chi connectivity index (χ0) is 28.5. The van der Waals surface area contributed by atoms with E-state index in [0.29, 0.717) is 31.6 Å². The van der Waals surface area contributed by atoms with Gasteiger partial charge in [0, 0.05) is 51.0 Å². The third-order valence-corrected chi connectivity index (χ3v) is 6.84. The molecule has 3 heterocycles. The van der Waals surface area contributed by atoms with Gasteiger partial charge in [-0.05, 0) is 68.3 Å². The number of carbonyl (C=O) groups is 2. The van der Waals surface area contributed by atoms with E-state index in [1.54, 1.807) is 12.4 Å². The van der Waals surface area contributed by atoms with Crippen LogP contribution in [0, 0.1) is 5.92 Å². The molecule has 10 nitrogen and oxygen atoms in total. The fraction of sp³-hybridized carbons (Fsp3) is 0.571. The first-order valence-corrected chi connectivity index (χ1v) is 14.7. The van der Waals surface area contributed by atoms with Crippen molar-refractivity contribution in [2.75, 3.05) is 45.8 Å². The zero-order valence-corrected chi connectivity index (χ0v) is 24.1. The van der Waals surface area contributed by atoms with Crippen molar-refractivity contribution in [3.05, 3.63) is 60.1 Å². The van der Waals surface area contributed by atoms with Crippen LogP contribution < -0.4 is 5.73 Å². The van der Waals surface area contributed by atoms with Gasteiger partial charge in [0.05, 0.1) is 6.54 Å². The van der Waals surface area contributed by atoms with Gasteiger partial charge in [-0.15, -0.1) is 0 Å². The molecule has 2 aliphatic rings. The number of hydrogen-bond acceptors (Lipinski definition) is 9. The van der Waals surface area contributed by atoms with Crippen molar-refractivity contribution in [2.24, 2.45) is 11.7 Å². The van der Waals surface area contributed by atoms with Gasteiger partial charge in [-0.1, -0.05) is 25.5 Å². The molecule has 2 saturated heterocycles. The molecule has 39 heavy (non-hydrogen) atoms. The maximum absolute atomic E-state index is 13.1. The lowest BCUT2D eigenvalue weighted by Crippen LogP contribution is -2.44. The summed E-state index contributed by atoms with van der Waals surface area (Å²) in [5.41, 5.74) is 5.78. The standard InChI is InChI=1S/C26H39N5O3.C2H4O2S/c1-3-5-15-30(16-12-27)26(32)19-31-18-21(8-6-9-24-23(4-2)33-20-34-24)17-22(31)10-11-25-28-13-7-14-29-25;1-5-2(3)4/h4,6-9,13-14,21-22H,3,5,10-12,15-20,27H2,1-2H3;1H3,(H,3,4)/b8-6+,23-4+,24-9+;. The monoisotopic (exact) mass is 561 g/mol. The molecule has 2 atom stereocenters. The number of carboxylic acid groups (broad SMARTS) is 1. The molecule has 0 radical (unpaired) electrons. The number of ether oxygens (including phenoxy) is 2. The SMILES string of the molecule is C/C=C1/OCO/C1=C/C=C/C1CC(CCc2ncccn2)N(CC(=O)N(CCN)CCCC)C1.CSC(=O)O. The van der Waals surface area contributed by atoms with Gasteiger partial charge in [0.15, 0.2) is 11.5 Å². The first-order valence-electron chi connectivity index (χ1n) is 13.5. The van der Waals surface area contributed by atoms with Crippen LogP contribution in [-0.4, -0.2) is 87.9 Å². The molecule has 1 amide bonds. The van der Waals surface area contributed by atoms with Crippen LogP contribution in [-0.2, 0) is 20.7 Å². The summed E-state index contributed by atoms with van der Waals surface area (Å²) in [5.74, 6) is 2.91. The number of aryl methyl sites for hydroxylation is 1. The molecule has 0 saturated carbocycles. The average Bonchev–Trinajstić information content (AvgIpc) is 3.56. The Hall–Kier alpha value is -2.89. The van der Waals surface area contributed by atoms with Crippen LogP contribution in [0.25, 0.3) is 0 Å². The second-order valence-electron chi connectivity index (χ2n) is 9.25. The molecule has 1 aromatic rings. The number of thioether (sulfide) groups is 1. The summed E-state index contributed by atoms with van der Waals surface area (Å²) in [7, 11) is 0. The normalized spacial score (nSPS) is 21.0. The average molecular weight is 562 g/mol. The van der Waals surface area contributed by atoms with Gasteiger partial charge in [0.2, 0.25) is 12.7 Å². The number of rotatable bonds is 12. The van der Waals surface area contributed by atoms with Gasteiger partial charge < -0.3 is 25.2 Å². The summed E-state index contributed by atoms with van der Waals surface area (Å²) in [6, 6.07) is 2.14. The third kappa shape index (κ3) is 11.8. The quantitative estimate of drug-likeness (QED) is 0.385. The van der Waals surface area contributed by atoms with Crippen LogP contribution in [0.3, 0.4) is 0 Å². The van der Waals surface area contributed by atoms with E-state index in [1.807, 2.05) is 36.1 Å². The van der Waals surface area contributed by atoms with E-state index in [4.69, 9.17) is 20.3 Å². The predicted octanol–water partition coefficient (Wildman–Crippen LogP) is 4.06. The largest absolute Gasteiger partial charge is 0.473 e. The first kappa shape index (κ1) is 32.3. The molecule has 3 rings (SSSR count). The highest BCUT2D eigenvalue weighted by Gasteiger charge is 2.32. The second-order valence-corrected chi connectivity index (χ2v) is 10.0. The molecule has 1 aromatic heterocycles. The second kappa shape index (κ2) is 18.4. The van der Waals surface area contributed by atoms with Crippen molar-refractivity contribution in [2.45, 2.75) is 52.0 Å². The third-order valence-electron chi connectivity index (χ3n) is 6.49. The molecule has 2 unspecified atom stereocenters. The molecule has 0 aliphatic carbocycles. The molecule has 2 aliphatic heterocycles.